The summed E-state index contributed by atoms with van der Waals surface area (Å²) in [6.07, 6.45) is 3.00. The van der Waals surface area contributed by atoms with E-state index in [4.69, 9.17) is 0 Å². The summed E-state index contributed by atoms with van der Waals surface area (Å²) in [4.78, 5) is 19.7. The van der Waals surface area contributed by atoms with Gasteiger partial charge in [-0.3, -0.25) is 4.79 Å². The smallest absolute Gasteiger partial charge is 0.251 e. The zero-order valence-corrected chi connectivity index (χ0v) is 10.2. The molecule has 0 aliphatic rings. The second-order valence-corrected chi connectivity index (χ2v) is 4.03. The van der Waals surface area contributed by atoms with Crippen LogP contribution in [0.15, 0.2) is 41.7 Å². The normalized spacial score (nSPS) is 10.1. The second-order valence-electron chi connectivity index (χ2n) is 3.55. The molecule has 0 spiro atoms. The summed E-state index contributed by atoms with van der Waals surface area (Å²) < 4.78 is 13.0. The van der Waals surface area contributed by atoms with E-state index in [1.54, 1.807) is 12.3 Å². The number of hydrogen-bond acceptors (Lipinski definition) is 4. The standard InChI is InChI=1S/C12H10FN3OS/c13-10-2-1-8(5-11(10)18)12(17)15-6-9-3-4-14-7-16-9/h1-5,7,18H,6H2,(H,15,17). The van der Waals surface area contributed by atoms with Gasteiger partial charge < -0.3 is 5.32 Å². The van der Waals surface area contributed by atoms with Crippen LogP contribution < -0.4 is 5.32 Å². The largest absolute Gasteiger partial charge is 0.346 e. The van der Waals surface area contributed by atoms with Crippen LogP contribution in [-0.4, -0.2) is 15.9 Å². The molecule has 1 amide bonds. The Labute approximate surface area is 109 Å². The van der Waals surface area contributed by atoms with E-state index in [-0.39, 0.29) is 10.8 Å². The van der Waals surface area contributed by atoms with Crippen LogP contribution in [0.3, 0.4) is 0 Å². The molecule has 4 nitrogen and oxygen atoms in total. The Morgan fingerprint density at radius 1 is 1.39 bits per heavy atom. The summed E-state index contributed by atoms with van der Waals surface area (Å²) in [5.74, 6) is -0.755. The molecule has 0 fully saturated rings. The molecular weight excluding hydrogens is 253 g/mol. The predicted octanol–water partition coefficient (Wildman–Crippen LogP) is 1.83. The van der Waals surface area contributed by atoms with Crippen molar-refractivity contribution in [1.29, 1.82) is 0 Å². The first-order valence-electron chi connectivity index (χ1n) is 5.18. The number of hydrogen-bond donors (Lipinski definition) is 2. The Bertz CT molecular complexity index is 563. The maximum Gasteiger partial charge on any atom is 0.251 e. The fourth-order valence-electron chi connectivity index (χ4n) is 1.35. The van der Waals surface area contributed by atoms with Crippen molar-refractivity contribution in [2.24, 2.45) is 0 Å². The van der Waals surface area contributed by atoms with Crippen LogP contribution in [-0.2, 0) is 6.54 Å². The molecule has 0 unspecified atom stereocenters. The monoisotopic (exact) mass is 263 g/mol. The number of amides is 1. The highest BCUT2D eigenvalue weighted by Gasteiger charge is 2.07. The second kappa shape index (κ2) is 5.59. The maximum absolute atomic E-state index is 13.0. The number of benzene rings is 1. The molecule has 2 rings (SSSR count). The number of aromatic nitrogens is 2. The summed E-state index contributed by atoms with van der Waals surface area (Å²) in [5, 5.41) is 2.68. The first-order chi connectivity index (χ1) is 8.66. The van der Waals surface area contributed by atoms with Crippen LogP contribution in [0.4, 0.5) is 4.39 Å². The average molecular weight is 263 g/mol. The first kappa shape index (κ1) is 12.5. The molecule has 2 aromatic rings. The van der Waals surface area contributed by atoms with Crippen molar-refractivity contribution < 1.29 is 9.18 Å². The third kappa shape index (κ3) is 3.04. The lowest BCUT2D eigenvalue weighted by Crippen LogP contribution is -2.23. The van der Waals surface area contributed by atoms with Crippen molar-refractivity contribution >= 4 is 18.5 Å². The van der Waals surface area contributed by atoms with Crippen LogP contribution in [0.2, 0.25) is 0 Å². The molecule has 92 valence electrons. The van der Waals surface area contributed by atoms with Gasteiger partial charge in [0, 0.05) is 16.7 Å². The highest BCUT2D eigenvalue weighted by molar-refractivity contribution is 7.80. The van der Waals surface area contributed by atoms with Gasteiger partial charge in [-0.2, -0.15) is 0 Å². The molecule has 1 aromatic heterocycles. The van der Waals surface area contributed by atoms with E-state index in [1.165, 1.54) is 24.5 Å². The van der Waals surface area contributed by atoms with Gasteiger partial charge in [0.15, 0.2) is 0 Å². The number of rotatable bonds is 3. The number of nitrogens with zero attached hydrogens (tertiary/aromatic N) is 2. The SMILES string of the molecule is O=C(NCc1ccncn1)c1ccc(F)c(S)c1. The average Bonchev–Trinajstić information content (AvgIpc) is 2.40. The molecule has 0 atom stereocenters. The van der Waals surface area contributed by atoms with E-state index in [0.717, 1.165) is 0 Å². The van der Waals surface area contributed by atoms with Crippen molar-refractivity contribution in [2.45, 2.75) is 11.4 Å². The van der Waals surface area contributed by atoms with Gasteiger partial charge in [0.05, 0.1) is 12.2 Å². The first-order valence-corrected chi connectivity index (χ1v) is 5.63. The fraction of sp³-hybridized carbons (Fsp3) is 0.0833. The third-order valence-electron chi connectivity index (χ3n) is 2.28. The van der Waals surface area contributed by atoms with E-state index in [2.05, 4.69) is 27.9 Å². The highest BCUT2D eigenvalue weighted by Crippen LogP contribution is 2.14. The van der Waals surface area contributed by atoms with Crippen molar-refractivity contribution in [3.8, 4) is 0 Å². The zero-order valence-electron chi connectivity index (χ0n) is 9.30. The predicted molar refractivity (Wildman–Crippen MR) is 66.9 cm³/mol. The number of carbonyl (C=O) groups is 1. The van der Waals surface area contributed by atoms with Crippen molar-refractivity contribution in [3.63, 3.8) is 0 Å². The molecule has 0 saturated heterocycles. The lowest BCUT2D eigenvalue weighted by atomic mass is 10.2. The number of carbonyl (C=O) groups excluding carboxylic acids is 1. The minimum absolute atomic E-state index is 0.143. The van der Waals surface area contributed by atoms with Gasteiger partial charge in [0.25, 0.3) is 5.91 Å². The van der Waals surface area contributed by atoms with Gasteiger partial charge in [-0.1, -0.05) is 0 Å². The van der Waals surface area contributed by atoms with Crippen LogP contribution in [0, 0.1) is 5.82 Å². The van der Waals surface area contributed by atoms with Crippen LogP contribution >= 0.6 is 12.6 Å². The summed E-state index contributed by atoms with van der Waals surface area (Å²) in [6.45, 7) is 0.292. The molecule has 0 bridgehead atoms. The fourth-order valence-corrected chi connectivity index (χ4v) is 1.56. The molecule has 1 heterocycles. The minimum atomic E-state index is -0.453. The Balaban J connectivity index is 2.02. The maximum atomic E-state index is 13.0. The molecular formula is C12H10FN3OS. The molecule has 1 N–H and O–H groups in total. The highest BCUT2D eigenvalue weighted by atomic mass is 32.1. The third-order valence-corrected chi connectivity index (χ3v) is 2.62. The van der Waals surface area contributed by atoms with Gasteiger partial charge >= 0.3 is 0 Å². The molecule has 0 radical (unpaired) electrons. The van der Waals surface area contributed by atoms with Crippen LogP contribution in [0.5, 0.6) is 0 Å². The molecule has 18 heavy (non-hydrogen) atoms. The number of thiol groups is 1. The van der Waals surface area contributed by atoms with E-state index < -0.39 is 5.82 Å². The lowest BCUT2D eigenvalue weighted by molar-refractivity contribution is 0.0950. The minimum Gasteiger partial charge on any atom is -0.346 e. The lowest BCUT2D eigenvalue weighted by Gasteiger charge is -2.05. The van der Waals surface area contributed by atoms with Crippen molar-refractivity contribution in [3.05, 3.63) is 53.9 Å². The van der Waals surface area contributed by atoms with E-state index in [1.807, 2.05) is 0 Å². The van der Waals surface area contributed by atoms with Crippen molar-refractivity contribution in [1.82, 2.24) is 15.3 Å². The van der Waals surface area contributed by atoms with Crippen molar-refractivity contribution in [2.75, 3.05) is 0 Å². The summed E-state index contributed by atoms with van der Waals surface area (Å²) in [5.41, 5.74) is 1.06. The quantitative estimate of drug-likeness (QED) is 0.831. The summed E-state index contributed by atoms with van der Waals surface area (Å²) >= 11 is 3.92. The van der Waals surface area contributed by atoms with Gasteiger partial charge in [0.2, 0.25) is 0 Å². The molecule has 1 aromatic carbocycles. The Hall–Kier alpha value is -1.95. The Morgan fingerprint density at radius 2 is 2.22 bits per heavy atom. The van der Waals surface area contributed by atoms with E-state index in [9.17, 15) is 9.18 Å². The van der Waals surface area contributed by atoms with E-state index in [0.29, 0.717) is 17.8 Å². The topological polar surface area (TPSA) is 54.9 Å². The molecule has 0 aliphatic carbocycles. The number of nitrogens with one attached hydrogen (secondary N) is 1. The van der Waals surface area contributed by atoms with Gasteiger partial charge in [-0.15, -0.1) is 12.6 Å². The summed E-state index contributed by atoms with van der Waals surface area (Å²) in [6, 6.07) is 5.70. The van der Waals surface area contributed by atoms with Gasteiger partial charge in [0.1, 0.15) is 12.1 Å². The Morgan fingerprint density at radius 3 is 2.89 bits per heavy atom. The molecule has 0 aliphatic heterocycles. The molecule has 6 heteroatoms. The summed E-state index contributed by atoms with van der Waals surface area (Å²) in [7, 11) is 0. The number of halogens is 1. The molecule has 0 saturated carbocycles. The van der Waals surface area contributed by atoms with Crippen LogP contribution in [0.1, 0.15) is 16.1 Å². The van der Waals surface area contributed by atoms with Gasteiger partial charge in [-0.25, -0.2) is 14.4 Å². The zero-order chi connectivity index (χ0) is 13.0. The van der Waals surface area contributed by atoms with E-state index >= 15 is 0 Å². The van der Waals surface area contributed by atoms with Gasteiger partial charge in [-0.05, 0) is 24.3 Å². The Kier molecular flexibility index (Phi) is 3.88. The van der Waals surface area contributed by atoms with Crippen LogP contribution in [0.25, 0.3) is 0 Å².